The van der Waals surface area contributed by atoms with Gasteiger partial charge in [-0.1, -0.05) is 43.1 Å². The van der Waals surface area contributed by atoms with Crippen molar-refractivity contribution < 1.29 is 4.74 Å². The topological polar surface area (TPSA) is 35.2 Å². The fourth-order valence-corrected chi connectivity index (χ4v) is 4.31. The summed E-state index contributed by atoms with van der Waals surface area (Å²) < 4.78 is 6.63. The van der Waals surface area contributed by atoms with Crippen molar-refractivity contribution in [3.8, 4) is 5.75 Å². The first-order valence-corrected chi connectivity index (χ1v) is 8.71. The molecule has 3 unspecified atom stereocenters. The third kappa shape index (κ3) is 4.01. The molecule has 1 fully saturated rings. The second kappa shape index (κ2) is 6.70. The van der Waals surface area contributed by atoms with Crippen LogP contribution in [-0.2, 0) is 6.42 Å². The van der Waals surface area contributed by atoms with Crippen molar-refractivity contribution in [3.63, 3.8) is 0 Å². The van der Waals surface area contributed by atoms with Crippen molar-refractivity contribution >= 4 is 15.9 Å². The molecule has 1 aliphatic carbocycles. The number of hydrogen-bond acceptors (Lipinski definition) is 2. The molecule has 1 aromatic rings. The monoisotopic (exact) mass is 353 g/mol. The molecular formula is C18H28BrNO. The molecule has 0 radical (unpaired) electrons. The summed E-state index contributed by atoms with van der Waals surface area (Å²) in [6, 6.07) is 6.57. The molecule has 0 amide bonds. The van der Waals surface area contributed by atoms with Crippen molar-refractivity contribution in [2.75, 3.05) is 7.11 Å². The Hall–Kier alpha value is -0.540. The second-order valence-electron chi connectivity index (χ2n) is 7.31. The molecule has 0 bridgehead atoms. The van der Waals surface area contributed by atoms with E-state index in [1.165, 1.54) is 18.4 Å². The lowest BCUT2D eigenvalue weighted by atomic mass is 9.64. The van der Waals surface area contributed by atoms with Gasteiger partial charge in [-0.25, -0.2) is 0 Å². The molecule has 0 saturated heterocycles. The first-order valence-electron chi connectivity index (χ1n) is 7.91. The molecule has 1 aliphatic rings. The highest BCUT2D eigenvalue weighted by atomic mass is 79.9. The van der Waals surface area contributed by atoms with E-state index in [9.17, 15) is 0 Å². The van der Waals surface area contributed by atoms with Gasteiger partial charge in [-0.3, -0.25) is 0 Å². The Bertz CT molecular complexity index is 486. The predicted octanol–water partition coefficient (Wildman–Crippen LogP) is 4.79. The van der Waals surface area contributed by atoms with Gasteiger partial charge in [0.1, 0.15) is 5.75 Å². The summed E-state index contributed by atoms with van der Waals surface area (Å²) in [5, 5.41) is 0. The predicted molar refractivity (Wildman–Crippen MR) is 92.7 cm³/mol. The SMILES string of the molecule is COc1ccc(Br)cc1CC(C)(C)C1CCC(C)CC1N. The minimum absolute atomic E-state index is 0.188. The van der Waals surface area contributed by atoms with Crippen LogP contribution in [0.1, 0.15) is 45.6 Å². The first kappa shape index (κ1) is 16.8. The van der Waals surface area contributed by atoms with Crippen LogP contribution in [0.15, 0.2) is 22.7 Å². The molecule has 3 atom stereocenters. The number of hydrogen-bond donors (Lipinski definition) is 1. The van der Waals surface area contributed by atoms with E-state index in [-0.39, 0.29) is 5.41 Å². The molecule has 1 saturated carbocycles. The summed E-state index contributed by atoms with van der Waals surface area (Å²) in [6.07, 6.45) is 4.70. The standard InChI is InChI=1S/C18H28BrNO/c1-12-5-7-15(16(20)9-12)18(2,3)11-13-10-14(19)6-8-17(13)21-4/h6,8,10,12,15-16H,5,7,9,11,20H2,1-4H3. The minimum atomic E-state index is 0.188. The van der Waals surface area contributed by atoms with Gasteiger partial charge < -0.3 is 10.5 Å². The number of methoxy groups -OCH3 is 1. The van der Waals surface area contributed by atoms with Gasteiger partial charge in [0.15, 0.2) is 0 Å². The van der Waals surface area contributed by atoms with Gasteiger partial charge in [-0.2, -0.15) is 0 Å². The number of rotatable bonds is 4. The number of nitrogens with two attached hydrogens (primary N) is 1. The van der Waals surface area contributed by atoms with Crippen LogP contribution in [0.25, 0.3) is 0 Å². The van der Waals surface area contributed by atoms with Crippen LogP contribution < -0.4 is 10.5 Å². The summed E-state index contributed by atoms with van der Waals surface area (Å²) >= 11 is 3.57. The van der Waals surface area contributed by atoms with Crippen LogP contribution >= 0.6 is 15.9 Å². The maximum atomic E-state index is 6.47. The lowest BCUT2D eigenvalue weighted by molar-refractivity contribution is 0.112. The number of ether oxygens (including phenoxy) is 1. The second-order valence-corrected chi connectivity index (χ2v) is 8.23. The van der Waals surface area contributed by atoms with E-state index < -0.39 is 0 Å². The molecule has 0 heterocycles. The Morgan fingerprint density at radius 1 is 1.33 bits per heavy atom. The molecule has 0 aliphatic heterocycles. The maximum absolute atomic E-state index is 6.47. The van der Waals surface area contributed by atoms with Gasteiger partial charge >= 0.3 is 0 Å². The molecule has 2 N–H and O–H groups in total. The fourth-order valence-electron chi connectivity index (χ4n) is 3.90. The van der Waals surface area contributed by atoms with Crippen molar-refractivity contribution in [1.29, 1.82) is 0 Å². The highest BCUT2D eigenvalue weighted by Gasteiger charge is 2.37. The van der Waals surface area contributed by atoms with E-state index >= 15 is 0 Å². The van der Waals surface area contributed by atoms with E-state index in [0.29, 0.717) is 12.0 Å². The van der Waals surface area contributed by atoms with Crippen LogP contribution in [0.3, 0.4) is 0 Å². The van der Waals surface area contributed by atoms with Gasteiger partial charge in [0.25, 0.3) is 0 Å². The maximum Gasteiger partial charge on any atom is 0.122 e. The highest BCUT2D eigenvalue weighted by Crippen LogP contribution is 2.43. The largest absolute Gasteiger partial charge is 0.496 e. The van der Waals surface area contributed by atoms with Crippen LogP contribution in [0.4, 0.5) is 0 Å². The smallest absolute Gasteiger partial charge is 0.122 e. The Morgan fingerprint density at radius 2 is 2.05 bits per heavy atom. The lowest BCUT2D eigenvalue weighted by Gasteiger charge is -2.43. The van der Waals surface area contributed by atoms with E-state index in [1.54, 1.807) is 7.11 Å². The Balaban J connectivity index is 2.19. The average molecular weight is 354 g/mol. The zero-order chi connectivity index (χ0) is 15.6. The van der Waals surface area contributed by atoms with Crippen LogP contribution in [0, 0.1) is 17.3 Å². The summed E-state index contributed by atoms with van der Waals surface area (Å²) in [5.74, 6) is 2.33. The van der Waals surface area contributed by atoms with Crippen molar-refractivity contribution in [1.82, 2.24) is 0 Å². The molecule has 0 spiro atoms. The summed E-state index contributed by atoms with van der Waals surface area (Å²) in [7, 11) is 1.74. The van der Waals surface area contributed by atoms with Gasteiger partial charge in [0, 0.05) is 10.5 Å². The third-order valence-corrected chi connectivity index (χ3v) is 5.55. The Kier molecular flexibility index (Phi) is 5.37. The van der Waals surface area contributed by atoms with E-state index in [0.717, 1.165) is 29.0 Å². The van der Waals surface area contributed by atoms with E-state index in [1.807, 2.05) is 12.1 Å². The van der Waals surface area contributed by atoms with Gasteiger partial charge in [0.2, 0.25) is 0 Å². The lowest BCUT2D eigenvalue weighted by Crippen LogP contribution is -2.44. The van der Waals surface area contributed by atoms with Crippen molar-refractivity contribution in [2.24, 2.45) is 23.0 Å². The van der Waals surface area contributed by atoms with E-state index in [4.69, 9.17) is 10.5 Å². The molecule has 2 rings (SSSR count). The normalized spacial score (nSPS) is 26.7. The molecule has 2 nitrogen and oxygen atoms in total. The quantitative estimate of drug-likeness (QED) is 0.844. The number of halogens is 1. The average Bonchev–Trinajstić information content (AvgIpc) is 2.37. The number of benzene rings is 1. The highest BCUT2D eigenvalue weighted by molar-refractivity contribution is 9.10. The van der Waals surface area contributed by atoms with Gasteiger partial charge in [-0.15, -0.1) is 0 Å². The summed E-state index contributed by atoms with van der Waals surface area (Å²) in [6.45, 7) is 7.03. The molecular weight excluding hydrogens is 326 g/mol. The zero-order valence-corrected chi connectivity index (χ0v) is 15.2. The fraction of sp³-hybridized carbons (Fsp3) is 0.667. The van der Waals surface area contributed by atoms with Crippen LogP contribution in [0.2, 0.25) is 0 Å². The van der Waals surface area contributed by atoms with Crippen molar-refractivity contribution in [2.45, 2.75) is 52.5 Å². The minimum Gasteiger partial charge on any atom is -0.496 e. The van der Waals surface area contributed by atoms with E-state index in [2.05, 4.69) is 42.8 Å². The first-order chi connectivity index (χ1) is 9.83. The third-order valence-electron chi connectivity index (χ3n) is 5.05. The van der Waals surface area contributed by atoms with Crippen LogP contribution in [-0.4, -0.2) is 13.2 Å². The summed E-state index contributed by atoms with van der Waals surface area (Å²) in [5.41, 5.74) is 7.92. The summed E-state index contributed by atoms with van der Waals surface area (Å²) in [4.78, 5) is 0. The molecule has 21 heavy (non-hydrogen) atoms. The van der Waals surface area contributed by atoms with Gasteiger partial charge in [-0.05, 0) is 60.3 Å². The zero-order valence-electron chi connectivity index (χ0n) is 13.7. The molecule has 118 valence electrons. The Labute approximate surface area is 137 Å². The molecule has 1 aromatic carbocycles. The van der Waals surface area contributed by atoms with Crippen LogP contribution in [0.5, 0.6) is 5.75 Å². The molecule has 0 aromatic heterocycles. The molecule has 3 heteroatoms. The van der Waals surface area contributed by atoms with Crippen molar-refractivity contribution in [3.05, 3.63) is 28.2 Å². The van der Waals surface area contributed by atoms with Gasteiger partial charge in [0.05, 0.1) is 7.11 Å². The Morgan fingerprint density at radius 3 is 2.67 bits per heavy atom.